The number of Topliss-reactive ketones (excluding diaryl/α,β-unsaturated/α-hetero) is 1. The van der Waals surface area contributed by atoms with Gasteiger partial charge in [-0.1, -0.05) is 24.9 Å². The Kier molecular flexibility index (Phi) is 5.45. The fourth-order valence-electron chi connectivity index (χ4n) is 1.56. The number of nitrogens with zero attached hydrogens (tertiary/aromatic N) is 1. The summed E-state index contributed by atoms with van der Waals surface area (Å²) in [5, 5.41) is 0.487. The van der Waals surface area contributed by atoms with Gasteiger partial charge in [-0.05, 0) is 38.2 Å². The maximum absolute atomic E-state index is 11.9. The molecule has 4 heteroatoms. The zero-order valence-corrected chi connectivity index (χ0v) is 11.1. The molecular formula is C13H19ClN2O. The van der Waals surface area contributed by atoms with Crippen LogP contribution in [0.4, 0.5) is 5.69 Å². The van der Waals surface area contributed by atoms with Crippen LogP contribution in [0.3, 0.4) is 0 Å². The molecule has 0 aromatic heterocycles. The molecule has 0 atom stereocenters. The van der Waals surface area contributed by atoms with Crippen molar-refractivity contribution in [1.29, 1.82) is 0 Å². The summed E-state index contributed by atoms with van der Waals surface area (Å²) in [6, 6.07) is 5.02. The number of hydrogen-bond donors (Lipinski definition) is 1. The van der Waals surface area contributed by atoms with Crippen LogP contribution < -0.4 is 5.73 Å². The Morgan fingerprint density at radius 1 is 1.47 bits per heavy atom. The van der Waals surface area contributed by atoms with Gasteiger partial charge in [0.05, 0.1) is 17.3 Å². The summed E-state index contributed by atoms with van der Waals surface area (Å²) in [6.45, 7) is 3.49. The van der Waals surface area contributed by atoms with Gasteiger partial charge in [-0.3, -0.25) is 9.69 Å². The van der Waals surface area contributed by atoms with Crippen LogP contribution in [0, 0.1) is 0 Å². The molecule has 2 N–H and O–H groups in total. The number of rotatable bonds is 6. The Bertz CT molecular complexity index is 393. The van der Waals surface area contributed by atoms with Crippen molar-refractivity contribution in [3.63, 3.8) is 0 Å². The number of ketones is 1. The van der Waals surface area contributed by atoms with E-state index in [0.29, 0.717) is 22.8 Å². The summed E-state index contributed by atoms with van der Waals surface area (Å²) >= 11 is 5.81. The predicted molar refractivity (Wildman–Crippen MR) is 72.6 cm³/mol. The van der Waals surface area contributed by atoms with Gasteiger partial charge in [-0.2, -0.15) is 0 Å². The fourth-order valence-corrected chi connectivity index (χ4v) is 1.68. The lowest BCUT2D eigenvalue weighted by molar-refractivity contribution is 0.0945. The van der Waals surface area contributed by atoms with E-state index in [1.165, 1.54) is 0 Å². The highest BCUT2D eigenvalue weighted by Gasteiger charge is 2.10. The largest absolute Gasteiger partial charge is 0.398 e. The molecule has 3 nitrogen and oxygen atoms in total. The average Bonchev–Trinajstić information content (AvgIpc) is 2.30. The van der Waals surface area contributed by atoms with Gasteiger partial charge in [0, 0.05) is 5.56 Å². The first kappa shape index (κ1) is 14.0. The molecular weight excluding hydrogens is 236 g/mol. The third-order valence-corrected chi connectivity index (χ3v) is 2.97. The van der Waals surface area contributed by atoms with Crippen LogP contribution in [0.25, 0.3) is 0 Å². The second-order valence-electron chi connectivity index (χ2n) is 4.25. The van der Waals surface area contributed by atoms with Gasteiger partial charge in [0.2, 0.25) is 0 Å². The highest BCUT2D eigenvalue weighted by atomic mass is 35.5. The molecule has 1 aromatic rings. The van der Waals surface area contributed by atoms with Crippen LogP contribution in [0.2, 0.25) is 5.02 Å². The van der Waals surface area contributed by atoms with E-state index in [1.807, 2.05) is 11.9 Å². The van der Waals surface area contributed by atoms with Gasteiger partial charge >= 0.3 is 0 Å². The smallest absolute Gasteiger partial charge is 0.176 e. The second-order valence-corrected chi connectivity index (χ2v) is 4.66. The summed E-state index contributed by atoms with van der Waals surface area (Å²) in [4.78, 5) is 14.0. The summed E-state index contributed by atoms with van der Waals surface area (Å²) in [5.74, 6) is 0.0759. The maximum atomic E-state index is 11.9. The minimum Gasteiger partial charge on any atom is -0.398 e. The molecule has 0 saturated carbocycles. The van der Waals surface area contributed by atoms with E-state index in [-0.39, 0.29) is 5.78 Å². The van der Waals surface area contributed by atoms with Crippen LogP contribution in [0.5, 0.6) is 0 Å². The van der Waals surface area contributed by atoms with E-state index in [2.05, 4.69) is 6.92 Å². The SMILES string of the molecule is CCCCN(C)CC(=O)c1ccc(Cl)c(N)c1. The quantitative estimate of drug-likeness (QED) is 0.627. The number of benzene rings is 1. The van der Waals surface area contributed by atoms with E-state index >= 15 is 0 Å². The van der Waals surface area contributed by atoms with Crippen molar-refractivity contribution >= 4 is 23.1 Å². The van der Waals surface area contributed by atoms with Crippen LogP contribution in [0.1, 0.15) is 30.1 Å². The molecule has 0 aliphatic rings. The van der Waals surface area contributed by atoms with E-state index in [1.54, 1.807) is 18.2 Å². The topological polar surface area (TPSA) is 46.3 Å². The normalized spacial score (nSPS) is 10.8. The molecule has 0 bridgehead atoms. The minimum atomic E-state index is 0.0759. The number of likely N-dealkylation sites (N-methyl/N-ethyl adjacent to an activating group) is 1. The van der Waals surface area contributed by atoms with E-state index in [0.717, 1.165) is 19.4 Å². The van der Waals surface area contributed by atoms with Crippen LogP contribution in [0.15, 0.2) is 18.2 Å². The average molecular weight is 255 g/mol. The van der Waals surface area contributed by atoms with Crippen molar-refractivity contribution in [3.05, 3.63) is 28.8 Å². The molecule has 0 aliphatic carbocycles. The first-order valence-electron chi connectivity index (χ1n) is 5.81. The highest BCUT2D eigenvalue weighted by Crippen LogP contribution is 2.19. The Hall–Kier alpha value is -1.06. The Labute approximate surface area is 108 Å². The third kappa shape index (κ3) is 4.36. The van der Waals surface area contributed by atoms with Crippen LogP contribution in [-0.4, -0.2) is 30.8 Å². The zero-order chi connectivity index (χ0) is 12.8. The number of nitrogen functional groups attached to an aromatic ring is 1. The van der Waals surface area contributed by atoms with Gasteiger partial charge in [0.1, 0.15) is 0 Å². The van der Waals surface area contributed by atoms with Crippen LogP contribution in [-0.2, 0) is 0 Å². The lowest BCUT2D eigenvalue weighted by Crippen LogP contribution is -2.27. The van der Waals surface area contributed by atoms with Gasteiger partial charge in [-0.25, -0.2) is 0 Å². The lowest BCUT2D eigenvalue weighted by Gasteiger charge is -2.15. The molecule has 0 radical (unpaired) electrons. The van der Waals surface area contributed by atoms with Gasteiger partial charge in [-0.15, -0.1) is 0 Å². The maximum Gasteiger partial charge on any atom is 0.176 e. The zero-order valence-electron chi connectivity index (χ0n) is 10.4. The molecule has 0 unspecified atom stereocenters. The summed E-state index contributed by atoms with van der Waals surface area (Å²) in [7, 11) is 1.95. The van der Waals surface area contributed by atoms with E-state index in [4.69, 9.17) is 17.3 Å². The number of nitrogens with two attached hydrogens (primary N) is 1. The van der Waals surface area contributed by atoms with E-state index < -0.39 is 0 Å². The highest BCUT2D eigenvalue weighted by molar-refractivity contribution is 6.33. The molecule has 0 fully saturated rings. The standard InChI is InChI=1S/C13H19ClN2O/c1-3-4-7-16(2)9-13(17)10-5-6-11(14)12(15)8-10/h5-6,8H,3-4,7,9,15H2,1-2H3. The summed E-state index contributed by atoms with van der Waals surface area (Å²) in [5.41, 5.74) is 6.74. The number of halogens is 1. The Morgan fingerprint density at radius 2 is 2.18 bits per heavy atom. The molecule has 17 heavy (non-hydrogen) atoms. The van der Waals surface area contributed by atoms with Gasteiger partial charge in [0.15, 0.2) is 5.78 Å². The molecule has 1 rings (SSSR count). The summed E-state index contributed by atoms with van der Waals surface area (Å²) < 4.78 is 0. The molecule has 0 aliphatic heterocycles. The molecule has 0 saturated heterocycles. The third-order valence-electron chi connectivity index (χ3n) is 2.62. The van der Waals surface area contributed by atoms with E-state index in [9.17, 15) is 4.79 Å². The van der Waals surface area contributed by atoms with Crippen LogP contribution >= 0.6 is 11.6 Å². The Balaban J connectivity index is 2.60. The first-order chi connectivity index (χ1) is 8.04. The molecule has 0 amide bonds. The van der Waals surface area contributed by atoms with Gasteiger partial charge in [0.25, 0.3) is 0 Å². The monoisotopic (exact) mass is 254 g/mol. The molecule has 0 heterocycles. The van der Waals surface area contributed by atoms with Crippen molar-refractivity contribution in [2.45, 2.75) is 19.8 Å². The molecule has 1 aromatic carbocycles. The first-order valence-corrected chi connectivity index (χ1v) is 6.19. The predicted octanol–water partition coefficient (Wildman–Crippen LogP) is 2.84. The minimum absolute atomic E-state index is 0.0759. The number of anilines is 1. The van der Waals surface area contributed by atoms with Crippen molar-refractivity contribution in [1.82, 2.24) is 4.90 Å². The number of hydrogen-bond acceptors (Lipinski definition) is 3. The Morgan fingerprint density at radius 3 is 2.76 bits per heavy atom. The molecule has 94 valence electrons. The number of unbranched alkanes of at least 4 members (excludes halogenated alkanes) is 1. The van der Waals surface area contributed by atoms with Crippen molar-refractivity contribution in [2.75, 3.05) is 25.9 Å². The van der Waals surface area contributed by atoms with Gasteiger partial charge < -0.3 is 5.73 Å². The molecule has 0 spiro atoms. The second kappa shape index (κ2) is 6.62. The van der Waals surface area contributed by atoms with Crippen molar-refractivity contribution in [3.8, 4) is 0 Å². The van der Waals surface area contributed by atoms with Crippen molar-refractivity contribution < 1.29 is 4.79 Å². The summed E-state index contributed by atoms with van der Waals surface area (Å²) in [6.07, 6.45) is 2.24. The number of carbonyl (C=O) groups is 1. The number of carbonyl (C=O) groups excluding carboxylic acids is 1. The lowest BCUT2D eigenvalue weighted by atomic mass is 10.1. The van der Waals surface area contributed by atoms with Crippen molar-refractivity contribution in [2.24, 2.45) is 0 Å². The fraction of sp³-hybridized carbons (Fsp3) is 0.462.